The first-order valence-electron chi connectivity index (χ1n) is 7.82. The van der Waals surface area contributed by atoms with Crippen molar-refractivity contribution in [2.75, 3.05) is 39.3 Å². The largest absolute Gasteiger partial charge is 0.330 e. The molecule has 0 spiro atoms. The molecule has 1 heterocycles. The van der Waals surface area contributed by atoms with E-state index in [9.17, 15) is 0 Å². The van der Waals surface area contributed by atoms with E-state index in [-0.39, 0.29) is 0 Å². The average Bonchev–Trinajstić information content (AvgIpc) is 2.40. The van der Waals surface area contributed by atoms with Gasteiger partial charge in [-0.15, -0.1) is 0 Å². The zero-order valence-corrected chi connectivity index (χ0v) is 12.3. The normalized spacial score (nSPS) is 26.7. The summed E-state index contributed by atoms with van der Waals surface area (Å²) >= 11 is 0. The van der Waals surface area contributed by atoms with Gasteiger partial charge in [0, 0.05) is 38.8 Å². The third-order valence-corrected chi connectivity index (χ3v) is 5.04. The van der Waals surface area contributed by atoms with Crippen molar-refractivity contribution in [2.24, 2.45) is 11.1 Å². The third-order valence-electron chi connectivity index (χ3n) is 5.04. The molecule has 3 heteroatoms. The molecule has 1 saturated heterocycles. The molecule has 0 unspecified atom stereocenters. The molecule has 106 valence electrons. The first kappa shape index (κ1) is 14.3. The topological polar surface area (TPSA) is 32.5 Å². The molecule has 3 nitrogen and oxygen atoms in total. The monoisotopic (exact) mass is 253 g/mol. The molecule has 0 aromatic rings. The lowest BCUT2D eigenvalue weighted by molar-refractivity contribution is 0.0565. The molecule has 0 aromatic heterocycles. The van der Waals surface area contributed by atoms with Crippen LogP contribution in [0.4, 0.5) is 0 Å². The van der Waals surface area contributed by atoms with E-state index in [4.69, 9.17) is 5.73 Å². The van der Waals surface area contributed by atoms with Gasteiger partial charge in [0.15, 0.2) is 0 Å². The van der Waals surface area contributed by atoms with Crippen LogP contribution in [0.1, 0.15) is 46.0 Å². The van der Waals surface area contributed by atoms with Gasteiger partial charge in [0.2, 0.25) is 0 Å². The Labute approximate surface area is 113 Å². The molecule has 2 N–H and O–H groups in total. The van der Waals surface area contributed by atoms with E-state index < -0.39 is 0 Å². The van der Waals surface area contributed by atoms with Crippen molar-refractivity contribution >= 4 is 0 Å². The van der Waals surface area contributed by atoms with Crippen molar-refractivity contribution in [3.63, 3.8) is 0 Å². The molecule has 1 aliphatic carbocycles. The van der Waals surface area contributed by atoms with E-state index in [0.717, 1.165) is 6.54 Å². The standard InChI is InChI=1S/C15H31N3/c1-14(2)18-10-8-17(9-11-18)13-15(12-16)6-4-3-5-7-15/h14H,3-13,16H2,1-2H3. The zero-order valence-electron chi connectivity index (χ0n) is 12.3. The average molecular weight is 253 g/mol. The summed E-state index contributed by atoms with van der Waals surface area (Å²) in [4.78, 5) is 5.25. The molecular formula is C15H31N3. The maximum atomic E-state index is 6.09. The van der Waals surface area contributed by atoms with Crippen LogP contribution in [0.3, 0.4) is 0 Å². The van der Waals surface area contributed by atoms with Crippen LogP contribution in [0.25, 0.3) is 0 Å². The lowest BCUT2D eigenvalue weighted by Crippen LogP contribution is -2.53. The molecule has 2 rings (SSSR count). The highest BCUT2D eigenvalue weighted by Gasteiger charge is 2.33. The Hall–Kier alpha value is -0.120. The highest BCUT2D eigenvalue weighted by atomic mass is 15.3. The fourth-order valence-corrected chi connectivity index (χ4v) is 3.64. The van der Waals surface area contributed by atoms with Crippen LogP contribution in [0.15, 0.2) is 0 Å². The minimum atomic E-state index is 0.443. The summed E-state index contributed by atoms with van der Waals surface area (Å²) in [5.41, 5.74) is 6.54. The van der Waals surface area contributed by atoms with E-state index in [1.165, 1.54) is 64.8 Å². The van der Waals surface area contributed by atoms with Gasteiger partial charge in [-0.3, -0.25) is 4.90 Å². The highest BCUT2D eigenvalue weighted by molar-refractivity contribution is 4.88. The van der Waals surface area contributed by atoms with Gasteiger partial charge in [0.1, 0.15) is 0 Å². The highest BCUT2D eigenvalue weighted by Crippen LogP contribution is 2.36. The number of piperazine rings is 1. The predicted molar refractivity (Wildman–Crippen MR) is 77.7 cm³/mol. The fourth-order valence-electron chi connectivity index (χ4n) is 3.64. The van der Waals surface area contributed by atoms with Gasteiger partial charge in [-0.05, 0) is 38.6 Å². The van der Waals surface area contributed by atoms with Crippen LogP contribution in [0, 0.1) is 5.41 Å². The predicted octanol–water partition coefficient (Wildman–Crippen LogP) is 1.92. The number of nitrogens with two attached hydrogens (primary N) is 1. The van der Waals surface area contributed by atoms with Gasteiger partial charge in [0.25, 0.3) is 0 Å². The Balaban J connectivity index is 1.82. The third kappa shape index (κ3) is 3.46. The second kappa shape index (κ2) is 6.36. The minimum absolute atomic E-state index is 0.443. The van der Waals surface area contributed by atoms with Crippen molar-refractivity contribution in [3.05, 3.63) is 0 Å². The fraction of sp³-hybridized carbons (Fsp3) is 1.00. The molecule has 2 aliphatic rings. The van der Waals surface area contributed by atoms with Crippen LogP contribution >= 0.6 is 0 Å². The molecule has 1 saturated carbocycles. The molecule has 0 bridgehead atoms. The van der Waals surface area contributed by atoms with Crippen LogP contribution in [0.2, 0.25) is 0 Å². The summed E-state index contributed by atoms with van der Waals surface area (Å²) in [5, 5.41) is 0. The Morgan fingerprint density at radius 2 is 1.61 bits per heavy atom. The molecule has 1 aliphatic heterocycles. The van der Waals surface area contributed by atoms with E-state index >= 15 is 0 Å². The molecule has 2 fully saturated rings. The Kier molecular flexibility index (Phi) is 5.05. The number of rotatable bonds is 4. The van der Waals surface area contributed by atoms with E-state index in [1.807, 2.05) is 0 Å². The van der Waals surface area contributed by atoms with Gasteiger partial charge in [-0.25, -0.2) is 0 Å². The van der Waals surface area contributed by atoms with Gasteiger partial charge < -0.3 is 10.6 Å². The Morgan fingerprint density at radius 1 is 1.00 bits per heavy atom. The lowest BCUT2D eigenvalue weighted by Gasteiger charge is -2.44. The van der Waals surface area contributed by atoms with E-state index in [2.05, 4.69) is 23.6 Å². The van der Waals surface area contributed by atoms with Crippen molar-refractivity contribution in [1.29, 1.82) is 0 Å². The Bertz CT molecular complexity index is 238. The maximum absolute atomic E-state index is 6.09. The maximum Gasteiger partial charge on any atom is 0.0113 e. The summed E-state index contributed by atoms with van der Waals surface area (Å²) in [6, 6.07) is 0.699. The first-order chi connectivity index (χ1) is 8.65. The van der Waals surface area contributed by atoms with Crippen LogP contribution in [-0.2, 0) is 0 Å². The second-order valence-electron chi connectivity index (χ2n) is 6.67. The van der Waals surface area contributed by atoms with Crippen molar-refractivity contribution in [1.82, 2.24) is 9.80 Å². The van der Waals surface area contributed by atoms with Crippen LogP contribution in [-0.4, -0.2) is 55.1 Å². The number of nitrogens with zero attached hydrogens (tertiary/aromatic N) is 2. The summed E-state index contributed by atoms with van der Waals surface area (Å²) in [5.74, 6) is 0. The zero-order chi connectivity index (χ0) is 13.0. The molecule has 0 aromatic carbocycles. The van der Waals surface area contributed by atoms with Crippen molar-refractivity contribution < 1.29 is 0 Å². The molecular weight excluding hydrogens is 222 g/mol. The summed E-state index contributed by atoms with van der Waals surface area (Å²) in [6.45, 7) is 11.7. The number of hydrogen-bond donors (Lipinski definition) is 1. The van der Waals surface area contributed by atoms with Gasteiger partial charge in [0.05, 0.1) is 0 Å². The molecule has 0 amide bonds. The second-order valence-corrected chi connectivity index (χ2v) is 6.67. The molecule has 0 radical (unpaired) electrons. The SMILES string of the molecule is CC(C)N1CCN(CC2(CN)CCCCC2)CC1. The molecule has 18 heavy (non-hydrogen) atoms. The Morgan fingerprint density at radius 3 is 2.11 bits per heavy atom. The summed E-state index contributed by atoms with van der Waals surface area (Å²) in [6.07, 6.45) is 6.91. The van der Waals surface area contributed by atoms with Crippen molar-refractivity contribution in [2.45, 2.75) is 52.0 Å². The van der Waals surface area contributed by atoms with Crippen molar-refractivity contribution in [3.8, 4) is 0 Å². The van der Waals surface area contributed by atoms with Gasteiger partial charge >= 0.3 is 0 Å². The number of hydrogen-bond acceptors (Lipinski definition) is 3. The van der Waals surface area contributed by atoms with E-state index in [0.29, 0.717) is 11.5 Å². The van der Waals surface area contributed by atoms with Crippen LogP contribution < -0.4 is 5.73 Å². The molecule has 0 atom stereocenters. The summed E-state index contributed by atoms with van der Waals surface area (Å²) < 4.78 is 0. The minimum Gasteiger partial charge on any atom is -0.330 e. The van der Waals surface area contributed by atoms with Crippen LogP contribution in [0.5, 0.6) is 0 Å². The van der Waals surface area contributed by atoms with E-state index in [1.54, 1.807) is 0 Å². The first-order valence-corrected chi connectivity index (χ1v) is 7.82. The summed E-state index contributed by atoms with van der Waals surface area (Å²) in [7, 11) is 0. The quantitative estimate of drug-likeness (QED) is 0.831. The van der Waals surface area contributed by atoms with Gasteiger partial charge in [-0.1, -0.05) is 19.3 Å². The van der Waals surface area contributed by atoms with Gasteiger partial charge in [-0.2, -0.15) is 0 Å². The lowest BCUT2D eigenvalue weighted by atomic mass is 9.73. The smallest absolute Gasteiger partial charge is 0.0113 e.